The van der Waals surface area contributed by atoms with Crippen LogP contribution in [0.15, 0.2) is 34.7 Å². The lowest BCUT2D eigenvalue weighted by atomic mass is 10.1. The number of pyridine rings is 1. The lowest BCUT2D eigenvalue weighted by molar-refractivity contribution is 0.103. The molecule has 0 amide bonds. The van der Waals surface area contributed by atoms with Crippen LogP contribution in [0.3, 0.4) is 0 Å². The van der Waals surface area contributed by atoms with Gasteiger partial charge in [0.2, 0.25) is 5.78 Å². The third-order valence-electron chi connectivity index (χ3n) is 6.23. The summed E-state index contributed by atoms with van der Waals surface area (Å²) >= 11 is 3.24. The van der Waals surface area contributed by atoms with E-state index in [4.69, 9.17) is 4.98 Å². The molecule has 176 valence electrons. The standard InChI is InChI=1S/C26H39N3OS2/c1-4-29-16-9-11-21(29)19-27-15-7-5-6-8-17-32-26-22(13-14-23(28-26)20(2)3)25(30)24-12-10-18-31-24/h10,12-14,18,20-21,27H,4-9,11,15-17,19H2,1-3H3. The molecule has 0 saturated carbocycles. The van der Waals surface area contributed by atoms with Gasteiger partial charge in [-0.2, -0.15) is 0 Å². The number of likely N-dealkylation sites (N-methyl/N-ethyl adjacent to an activating group) is 1. The number of hydrogen-bond acceptors (Lipinski definition) is 6. The molecule has 1 unspecified atom stereocenters. The number of carbonyl (C=O) groups excluding carboxylic acids is 1. The number of aromatic nitrogens is 1. The minimum absolute atomic E-state index is 0.0975. The Hall–Kier alpha value is -1.21. The minimum Gasteiger partial charge on any atom is -0.315 e. The van der Waals surface area contributed by atoms with E-state index in [1.54, 1.807) is 11.8 Å². The fraction of sp³-hybridized carbons (Fsp3) is 0.615. The SMILES string of the molecule is CCN1CCCC1CNCCCCCCSc1nc(C(C)C)ccc1C(=O)c1cccs1. The zero-order valence-electron chi connectivity index (χ0n) is 19.9. The summed E-state index contributed by atoms with van der Waals surface area (Å²) in [6, 6.07) is 8.56. The van der Waals surface area contributed by atoms with Crippen molar-refractivity contribution in [1.82, 2.24) is 15.2 Å². The number of nitrogens with zero attached hydrogens (tertiary/aromatic N) is 2. The summed E-state index contributed by atoms with van der Waals surface area (Å²) in [5.41, 5.74) is 1.81. The fourth-order valence-electron chi connectivity index (χ4n) is 4.29. The van der Waals surface area contributed by atoms with Crippen molar-refractivity contribution >= 4 is 28.9 Å². The molecule has 1 fully saturated rings. The molecule has 0 bridgehead atoms. The summed E-state index contributed by atoms with van der Waals surface area (Å²) in [5, 5.41) is 6.52. The quantitative estimate of drug-likeness (QED) is 0.200. The molecule has 1 aliphatic rings. The van der Waals surface area contributed by atoms with Crippen molar-refractivity contribution in [3.63, 3.8) is 0 Å². The molecule has 1 atom stereocenters. The van der Waals surface area contributed by atoms with E-state index in [1.807, 2.05) is 29.6 Å². The van der Waals surface area contributed by atoms with E-state index in [0.29, 0.717) is 5.92 Å². The molecule has 1 aliphatic heterocycles. The summed E-state index contributed by atoms with van der Waals surface area (Å²) in [6.45, 7) is 11.3. The molecular weight excluding hydrogens is 434 g/mol. The molecule has 4 nitrogen and oxygen atoms in total. The Labute approximate surface area is 202 Å². The second-order valence-electron chi connectivity index (χ2n) is 8.94. The van der Waals surface area contributed by atoms with Gasteiger partial charge in [0.25, 0.3) is 0 Å². The smallest absolute Gasteiger partial charge is 0.205 e. The molecule has 2 aromatic rings. The van der Waals surface area contributed by atoms with Crippen LogP contribution >= 0.6 is 23.1 Å². The summed E-state index contributed by atoms with van der Waals surface area (Å²) in [7, 11) is 0. The largest absolute Gasteiger partial charge is 0.315 e. The molecular formula is C26H39N3OS2. The minimum atomic E-state index is 0.0975. The Kier molecular flexibility index (Phi) is 10.7. The van der Waals surface area contributed by atoms with E-state index in [0.717, 1.165) is 52.5 Å². The number of unbranched alkanes of at least 4 members (excludes halogenated alkanes) is 3. The number of thiophene rings is 1. The highest BCUT2D eigenvalue weighted by Gasteiger charge is 2.22. The first kappa shape index (κ1) is 25.4. The van der Waals surface area contributed by atoms with Gasteiger partial charge in [-0.15, -0.1) is 23.1 Å². The molecule has 0 spiro atoms. The van der Waals surface area contributed by atoms with Gasteiger partial charge in [-0.1, -0.05) is 39.7 Å². The average molecular weight is 474 g/mol. The van der Waals surface area contributed by atoms with Crippen LogP contribution in [0.4, 0.5) is 0 Å². The fourth-order valence-corrected chi connectivity index (χ4v) is 5.99. The topological polar surface area (TPSA) is 45.2 Å². The molecule has 3 heterocycles. The monoisotopic (exact) mass is 473 g/mol. The van der Waals surface area contributed by atoms with Crippen LogP contribution in [0.1, 0.15) is 86.1 Å². The first-order valence-electron chi connectivity index (χ1n) is 12.3. The van der Waals surface area contributed by atoms with Gasteiger partial charge < -0.3 is 5.32 Å². The molecule has 3 rings (SSSR count). The van der Waals surface area contributed by atoms with E-state index in [1.165, 1.54) is 56.5 Å². The summed E-state index contributed by atoms with van der Waals surface area (Å²) in [6.07, 6.45) is 7.60. The maximum atomic E-state index is 12.9. The number of carbonyl (C=O) groups is 1. The third kappa shape index (κ3) is 7.41. The van der Waals surface area contributed by atoms with Crippen LogP contribution in [0, 0.1) is 0 Å². The maximum absolute atomic E-state index is 12.9. The number of likely N-dealkylation sites (tertiary alicyclic amines) is 1. The lowest BCUT2D eigenvalue weighted by Gasteiger charge is -2.22. The van der Waals surface area contributed by atoms with E-state index in [2.05, 4.69) is 31.0 Å². The average Bonchev–Trinajstić information content (AvgIpc) is 3.49. The second-order valence-corrected chi connectivity index (χ2v) is 11.0. The Balaban J connectivity index is 1.38. The molecule has 0 aliphatic carbocycles. The van der Waals surface area contributed by atoms with Gasteiger partial charge in [-0.25, -0.2) is 4.98 Å². The van der Waals surface area contributed by atoms with E-state index < -0.39 is 0 Å². The summed E-state index contributed by atoms with van der Waals surface area (Å²) in [4.78, 5) is 21.2. The van der Waals surface area contributed by atoms with Crippen molar-refractivity contribution in [1.29, 1.82) is 0 Å². The molecule has 0 aromatic carbocycles. The van der Waals surface area contributed by atoms with Gasteiger partial charge in [0.05, 0.1) is 10.4 Å². The predicted octanol–water partition coefficient (Wildman–Crippen LogP) is 6.22. The Bertz CT molecular complexity index is 822. The summed E-state index contributed by atoms with van der Waals surface area (Å²) < 4.78 is 0. The number of ketones is 1. The van der Waals surface area contributed by atoms with Gasteiger partial charge in [-0.05, 0) is 80.6 Å². The normalized spacial score (nSPS) is 16.8. The van der Waals surface area contributed by atoms with Crippen LogP contribution in [-0.4, -0.2) is 53.6 Å². The first-order valence-corrected chi connectivity index (χ1v) is 14.1. The van der Waals surface area contributed by atoms with Crippen LogP contribution in [0.2, 0.25) is 0 Å². The van der Waals surface area contributed by atoms with Crippen molar-refractivity contribution in [2.75, 3.05) is 31.9 Å². The van der Waals surface area contributed by atoms with Gasteiger partial charge in [-0.3, -0.25) is 9.69 Å². The van der Waals surface area contributed by atoms with E-state index >= 15 is 0 Å². The zero-order valence-corrected chi connectivity index (χ0v) is 21.6. The second kappa shape index (κ2) is 13.5. The van der Waals surface area contributed by atoms with Crippen LogP contribution in [0.5, 0.6) is 0 Å². The maximum Gasteiger partial charge on any atom is 0.205 e. The lowest BCUT2D eigenvalue weighted by Crippen LogP contribution is -2.38. The molecule has 1 N–H and O–H groups in total. The number of nitrogens with one attached hydrogen (secondary N) is 1. The van der Waals surface area contributed by atoms with Gasteiger partial charge >= 0.3 is 0 Å². The number of rotatable bonds is 14. The molecule has 6 heteroatoms. The molecule has 1 saturated heterocycles. The first-order chi connectivity index (χ1) is 15.6. The van der Waals surface area contributed by atoms with E-state index in [-0.39, 0.29) is 5.78 Å². The van der Waals surface area contributed by atoms with Crippen molar-refractivity contribution in [2.24, 2.45) is 0 Å². The van der Waals surface area contributed by atoms with Crippen LogP contribution in [-0.2, 0) is 0 Å². The van der Waals surface area contributed by atoms with Crippen LogP contribution < -0.4 is 5.32 Å². The molecule has 2 aromatic heterocycles. The van der Waals surface area contributed by atoms with E-state index in [9.17, 15) is 4.79 Å². The van der Waals surface area contributed by atoms with Gasteiger partial charge in [0.1, 0.15) is 5.03 Å². The highest BCUT2D eigenvalue weighted by Crippen LogP contribution is 2.28. The Morgan fingerprint density at radius 3 is 2.84 bits per heavy atom. The highest BCUT2D eigenvalue weighted by atomic mass is 32.2. The Morgan fingerprint density at radius 2 is 2.09 bits per heavy atom. The van der Waals surface area contributed by atoms with Crippen molar-refractivity contribution in [2.45, 2.75) is 76.3 Å². The highest BCUT2D eigenvalue weighted by molar-refractivity contribution is 7.99. The van der Waals surface area contributed by atoms with Crippen molar-refractivity contribution in [3.8, 4) is 0 Å². The summed E-state index contributed by atoms with van der Waals surface area (Å²) in [5.74, 6) is 1.47. The predicted molar refractivity (Wildman–Crippen MR) is 138 cm³/mol. The molecule has 32 heavy (non-hydrogen) atoms. The van der Waals surface area contributed by atoms with Gasteiger partial charge in [0.15, 0.2) is 0 Å². The Morgan fingerprint density at radius 1 is 1.25 bits per heavy atom. The van der Waals surface area contributed by atoms with Crippen molar-refractivity contribution in [3.05, 3.63) is 45.8 Å². The molecule has 0 radical (unpaired) electrons. The van der Waals surface area contributed by atoms with Crippen LogP contribution in [0.25, 0.3) is 0 Å². The third-order valence-corrected chi connectivity index (χ3v) is 8.18. The van der Waals surface area contributed by atoms with Crippen molar-refractivity contribution < 1.29 is 4.79 Å². The zero-order chi connectivity index (χ0) is 22.8. The number of thioether (sulfide) groups is 1. The van der Waals surface area contributed by atoms with Gasteiger partial charge in [0, 0.05) is 18.3 Å². The number of hydrogen-bond donors (Lipinski definition) is 1.